The van der Waals surface area contributed by atoms with E-state index in [4.69, 9.17) is 9.05 Å². The first-order valence-electron chi connectivity index (χ1n) is 38.0. The van der Waals surface area contributed by atoms with Crippen LogP contribution in [0.2, 0.25) is 0 Å². The smallest absolute Gasteiger partial charge is 0.268 e. The highest BCUT2D eigenvalue weighted by atomic mass is 31.2. The van der Waals surface area contributed by atoms with Crippen molar-refractivity contribution in [2.24, 2.45) is 0 Å². The Kier molecular flexibility index (Phi) is 68.3. The molecule has 0 aliphatic rings. The zero-order chi connectivity index (χ0) is 66.2. The molecule has 0 aromatic carbocycles. The van der Waals surface area contributed by atoms with E-state index in [-0.39, 0.29) is 19.1 Å². The maximum Gasteiger partial charge on any atom is 0.268 e. The second-order valence-corrected chi connectivity index (χ2v) is 28.0. The highest BCUT2D eigenvalue weighted by Crippen LogP contribution is 2.38. The lowest BCUT2D eigenvalue weighted by Gasteiger charge is -2.30. The van der Waals surface area contributed by atoms with Gasteiger partial charge in [-0.1, -0.05) is 359 Å². The van der Waals surface area contributed by atoms with Gasteiger partial charge in [0, 0.05) is 6.42 Å². The van der Waals surface area contributed by atoms with E-state index in [1.54, 1.807) is 0 Å². The number of carbonyl (C=O) groups is 1. The van der Waals surface area contributed by atoms with Crippen molar-refractivity contribution in [2.45, 2.75) is 341 Å². The van der Waals surface area contributed by atoms with Crippen molar-refractivity contribution < 1.29 is 32.9 Å². The van der Waals surface area contributed by atoms with Crippen molar-refractivity contribution in [3.8, 4) is 0 Å². The van der Waals surface area contributed by atoms with Gasteiger partial charge in [-0.25, -0.2) is 0 Å². The van der Waals surface area contributed by atoms with Gasteiger partial charge < -0.3 is 28.8 Å². The topological polar surface area (TPSA) is 108 Å². The van der Waals surface area contributed by atoms with Crippen LogP contribution in [0.5, 0.6) is 0 Å². The molecule has 0 radical (unpaired) electrons. The van der Waals surface area contributed by atoms with Crippen molar-refractivity contribution >= 4 is 13.7 Å². The van der Waals surface area contributed by atoms with Crippen LogP contribution in [0.4, 0.5) is 0 Å². The van der Waals surface area contributed by atoms with Crippen LogP contribution in [0.15, 0.2) is 134 Å². The van der Waals surface area contributed by atoms with Gasteiger partial charge in [-0.05, 0) is 96.3 Å². The first-order valence-corrected chi connectivity index (χ1v) is 39.5. The Hall–Kier alpha value is -3.36. The minimum atomic E-state index is -4.60. The van der Waals surface area contributed by atoms with Crippen molar-refractivity contribution in [3.05, 3.63) is 134 Å². The number of amides is 1. The summed E-state index contributed by atoms with van der Waals surface area (Å²) in [4.78, 5) is 25.7. The molecular weight excluding hydrogens is 1140 g/mol. The van der Waals surface area contributed by atoms with E-state index in [2.05, 4.69) is 153 Å². The van der Waals surface area contributed by atoms with Crippen LogP contribution in [0.25, 0.3) is 0 Å². The minimum absolute atomic E-state index is 0.00425. The summed E-state index contributed by atoms with van der Waals surface area (Å²) in [7, 11) is 1.29. The first-order chi connectivity index (χ1) is 44.5. The van der Waals surface area contributed by atoms with E-state index < -0.39 is 20.0 Å². The molecule has 0 aromatic rings. The van der Waals surface area contributed by atoms with E-state index in [1.807, 2.05) is 21.1 Å². The summed E-state index contributed by atoms with van der Waals surface area (Å²) in [6.45, 7) is 4.62. The molecule has 8 nitrogen and oxygen atoms in total. The van der Waals surface area contributed by atoms with E-state index >= 15 is 0 Å². The number of unbranched alkanes of at least 4 members (excludes halogenated alkanes) is 34. The van der Waals surface area contributed by atoms with Crippen molar-refractivity contribution in [3.63, 3.8) is 0 Å². The Morgan fingerprint density at radius 1 is 0.396 bits per heavy atom. The number of hydrogen-bond acceptors (Lipinski definition) is 6. The summed E-state index contributed by atoms with van der Waals surface area (Å²) < 4.78 is 23.6. The molecule has 0 spiro atoms. The molecule has 0 rings (SSSR count). The fourth-order valence-electron chi connectivity index (χ4n) is 10.8. The second kappa shape index (κ2) is 70.9. The van der Waals surface area contributed by atoms with Gasteiger partial charge >= 0.3 is 0 Å². The van der Waals surface area contributed by atoms with Gasteiger partial charge in [0.2, 0.25) is 5.91 Å². The van der Waals surface area contributed by atoms with Gasteiger partial charge in [0.15, 0.2) is 0 Å². The van der Waals surface area contributed by atoms with Crippen LogP contribution in [0, 0.1) is 0 Å². The van der Waals surface area contributed by atoms with Crippen molar-refractivity contribution in [2.75, 3.05) is 40.9 Å². The Balaban J connectivity index is 4.09. The van der Waals surface area contributed by atoms with E-state index in [1.165, 1.54) is 180 Å². The van der Waals surface area contributed by atoms with E-state index in [0.29, 0.717) is 23.9 Å². The summed E-state index contributed by atoms with van der Waals surface area (Å²) in [6.07, 6.45) is 107. The highest BCUT2D eigenvalue weighted by molar-refractivity contribution is 7.45. The largest absolute Gasteiger partial charge is 0.756 e. The second-order valence-electron chi connectivity index (χ2n) is 26.6. The number of nitrogens with one attached hydrogen (secondary N) is 1. The van der Waals surface area contributed by atoms with E-state index in [0.717, 1.165) is 122 Å². The van der Waals surface area contributed by atoms with E-state index in [9.17, 15) is 19.4 Å². The van der Waals surface area contributed by atoms with Crippen LogP contribution >= 0.6 is 7.82 Å². The maximum atomic E-state index is 13.1. The number of nitrogens with zero attached hydrogens (tertiary/aromatic N) is 1. The summed E-state index contributed by atoms with van der Waals surface area (Å²) in [5.74, 6) is -0.177. The number of quaternary nitrogens is 1. The summed E-state index contributed by atoms with van der Waals surface area (Å²) in [5, 5.41) is 14.1. The number of aliphatic hydroxyl groups is 1. The van der Waals surface area contributed by atoms with Crippen molar-refractivity contribution in [1.82, 2.24) is 5.32 Å². The maximum absolute atomic E-state index is 13.1. The molecular formula is C82H145N2O6P. The third kappa shape index (κ3) is 73.9. The zero-order valence-electron chi connectivity index (χ0n) is 60.0. The molecule has 3 unspecified atom stereocenters. The normalized spacial score (nSPS) is 14.3. The quantitative estimate of drug-likeness (QED) is 0.0272. The molecule has 0 saturated carbocycles. The number of hydrogen-bond donors (Lipinski definition) is 2. The molecule has 0 bridgehead atoms. The third-order valence-corrected chi connectivity index (χ3v) is 17.6. The Morgan fingerprint density at radius 3 is 0.978 bits per heavy atom. The third-order valence-electron chi connectivity index (χ3n) is 16.7. The van der Waals surface area contributed by atoms with Gasteiger partial charge in [0.05, 0.1) is 39.9 Å². The number of aliphatic hydroxyl groups excluding tert-OH is 1. The number of carbonyl (C=O) groups excluding carboxylic acids is 1. The Morgan fingerprint density at radius 2 is 0.670 bits per heavy atom. The lowest BCUT2D eigenvalue weighted by molar-refractivity contribution is -0.870. The number of allylic oxidation sites excluding steroid dienone is 22. The van der Waals surface area contributed by atoms with Crippen LogP contribution in [0.3, 0.4) is 0 Å². The molecule has 1 amide bonds. The summed E-state index contributed by atoms with van der Waals surface area (Å²) in [6, 6.07) is -0.818. The average Bonchev–Trinajstić information content (AvgIpc) is 3.59. The molecule has 0 saturated heterocycles. The molecule has 524 valence electrons. The lowest BCUT2D eigenvalue weighted by atomic mass is 10.0. The van der Waals surface area contributed by atoms with Crippen LogP contribution in [-0.4, -0.2) is 68.5 Å². The number of phosphoric ester groups is 1. The molecule has 91 heavy (non-hydrogen) atoms. The SMILES string of the molecule is CC/C=C\C/C=C\C/C=C\C/C=C\C/C=C\C/C=C\C/C=C\C/C=C\C/C=C\C/C=C\C/C=C\CCCCCCCCCC(=O)NC(COP(=O)([O-])OCC[N+](C)(C)C)C(O)CCCCCCCCCCCCCCCCCCCCCCCCCCCCCC. The lowest BCUT2D eigenvalue weighted by Crippen LogP contribution is -2.46. The van der Waals surface area contributed by atoms with Gasteiger partial charge in [-0.3, -0.25) is 9.36 Å². The minimum Gasteiger partial charge on any atom is -0.756 e. The molecule has 0 aliphatic heterocycles. The molecule has 3 atom stereocenters. The van der Waals surface area contributed by atoms with Gasteiger partial charge in [0.25, 0.3) is 7.82 Å². The Labute approximate surface area is 564 Å². The van der Waals surface area contributed by atoms with Crippen molar-refractivity contribution in [1.29, 1.82) is 0 Å². The standard InChI is InChI=1S/C82H145N2O6P/c1-6-8-10-12-14-16-18-20-22-24-26-28-30-32-34-36-37-38-39-40-41-42-43-44-45-46-47-48-50-52-54-56-58-60-62-64-66-68-70-72-74-76-82(86)83-80(79-90-91(87,88)89-78-77-84(3,4)5)81(85)75-73-71-69-67-65-63-61-59-57-55-53-51-49-35-33-31-29-27-25-23-21-19-17-15-13-11-9-7-2/h8,10,14,16,20,22,26,28,32,34,37-38,40-41,43-44,46-47,50,52,56,58,80-81,85H,6-7,9,11-13,15,17-19,21,23-25,27,29-31,33,35-36,39,42,45,48-49,51,53-55,57,59-79H2,1-5H3,(H-,83,86,87,88)/b10-8-,16-14-,22-20-,28-26-,34-32-,38-37-,41-40-,44-43-,47-46-,52-50-,58-56-. The number of rotatable bonds is 69. The predicted molar refractivity (Wildman–Crippen MR) is 398 cm³/mol. The fraction of sp³-hybridized carbons (Fsp3) is 0.720. The summed E-state index contributed by atoms with van der Waals surface area (Å²) >= 11 is 0. The molecule has 2 N–H and O–H groups in total. The zero-order valence-corrected chi connectivity index (χ0v) is 60.9. The van der Waals surface area contributed by atoms with Crippen LogP contribution < -0.4 is 10.2 Å². The monoisotopic (exact) mass is 1290 g/mol. The molecule has 0 aliphatic carbocycles. The average molecular weight is 1290 g/mol. The summed E-state index contributed by atoms with van der Waals surface area (Å²) in [5.41, 5.74) is 0. The molecule has 0 heterocycles. The van der Waals surface area contributed by atoms with Gasteiger partial charge in [0.1, 0.15) is 13.2 Å². The molecule has 0 aromatic heterocycles. The van der Waals surface area contributed by atoms with Crippen LogP contribution in [0.1, 0.15) is 328 Å². The predicted octanol–water partition coefficient (Wildman–Crippen LogP) is 24.3. The molecule has 9 heteroatoms. The number of likely N-dealkylation sites (N-methyl/N-ethyl adjacent to an activating group) is 1. The number of phosphoric acid groups is 1. The van der Waals surface area contributed by atoms with Gasteiger partial charge in [-0.2, -0.15) is 0 Å². The highest BCUT2D eigenvalue weighted by Gasteiger charge is 2.24. The van der Waals surface area contributed by atoms with Crippen LogP contribution in [-0.2, 0) is 18.4 Å². The molecule has 0 fully saturated rings. The fourth-order valence-corrected chi connectivity index (χ4v) is 11.5. The first kappa shape index (κ1) is 87.6. The Bertz CT molecular complexity index is 1950. The van der Waals surface area contributed by atoms with Gasteiger partial charge in [-0.15, -0.1) is 0 Å².